The monoisotopic (exact) mass is 160 g/mol. The summed E-state index contributed by atoms with van der Waals surface area (Å²) in [5.74, 6) is -0.0964. The molecule has 0 saturated heterocycles. The first-order valence-corrected chi connectivity index (χ1v) is 4.62. The van der Waals surface area contributed by atoms with Crippen molar-refractivity contribution in [1.29, 1.82) is 0 Å². The summed E-state index contributed by atoms with van der Waals surface area (Å²) < 4.78 is 28.3. The van der Waals surface area contributed by atoms with Crippen molar-refractivity contribution < 1.29 is 13.0 Å². The number of unbranched alkanes of at least 4 members (excludes halogenated alkanes) is 2. The predicted molar refractivity (Wildman–Crippen MR) is 43.1 cm³/mol. The first-order chi connectivity index (χ1) is 4.06. The van der Waals surface area contributed by atoms with E-state index in [0.29, 0.717) is 6.42 Å². The van der Waals surface area contributed by atoms with Crippen LogP contribution in [-0.4, -0.2) is 37.6 Å². The van der Waals surface area contributed by atoms with Crippen LogP contribution >= 0.6 is 0 Å². The van der Waals surface area contributed by atoms with E-state index in [4.69, 9.17) is 4.55 Å². The van der Waals surface area contributed by atoms with Crippen LogP contribution in [0.3, 0.4) is 0 Å². The van der Waals surface area contributed by atoms with Crippen LogP contribution in [-0.2, 0) is 10.1 Å². The van der Waals surface area contributed by atoms with E-state index in [1.54, 1.807) is 0 Å². The molecule has 0 aliphatic carbocycles. The van der Waals surface area contributed by atoms with Gasteiger partial charge in [-0.3, -0.25) is 4.55 Å². The molecule has 0 saturated carbocycles. The first kappa shape index (κ1) is 13.1. The van der Waals surface area contributed by atoms with Crippen LogP contribution in [0, 0.1) is 0 Å². The molecule has 0 rings (SSSR count). The van der Waals surface area contributed by atoms with Gasteiger partial charge in [-0.25, -0.2) is 0 Å². The van der Waals surface area contributed by atoms with Gasteiger partial charge in [0.2, 0.25) is 0 Å². The van der Waals surface area contributed by atoms with E-state index in [1.165, 1.54) is 0 Å². The van der Waals surface area contributed by atoms with Gasteiger partial charge in [0.05, 0.1) is 5.75 Å². The van der Waals surface area contributed by atoms with Crippen LogP contribution in [0.25, 0.3) is 0 Å². The van der Waals surface area contributed by atoms with Crippen LogP contribution in [0.1, 0.15) is 26.2 Å². The van der Waals surface area contributed by atoms with Crippen LogP contribution < -0.4 is 0 Å². The van der Waals surface area contributed by atoms with Crippen LogP contribution in [0.5, 0.6) is 0 Å². The Hall–Kier alpha value is 0.507. The number of hydrogen-bond acceptors (Lipinski definition) is 2. The second kappa shape index (κ2) is 6.23. The van der Waals surface area contributed by atoms with Gasteiger partial charge < -0.3 is 0 Å². The first-order valence-electron chi connectivity index (χ1n) is 3.01. The minimum atomic E-state index is -3.70. The van der Waals surface area contributed by atoms with Gasteiger partial charge in [0.15, 0.2) is 0 Å². The predicted octanol–water partition coefficient (Wildman–Crippen LogP) is 0.416. The van der Waals surface area contributed by atoms with Gasteiger partial charge in [-0.2, -0.15) is 8.42 Å². The third-order valence-electron chi connectivity index (χ3n) is 1.01. The third kappa shape index (κ3) is 11.3. The van der Waals surface area contributed by atoms with Crippen LogP contribution in [0.2, 0.25) is 0 Å². The summed E-state index contributed by atoms with van der Waals surface area (Å²) >= 11 is 0. The van der Waals surface area contributed by atoms with Crippen molar-refractivity contribution in [3.05, 3.63) is 0 Å². The molecular weight excluding hydrogens is 147 g/mol. The topological polar surface area (TPSA) is 54.4 Å². The number of rotatable bonds is 4. The van der Waals surface area contributed by atoms with E-state index in [9.17, 15) is 8.42 Å². The molecule has 0 amide bonds. The molecule has 1 N–H and O–H groups in total. The Morgan fingerprint density at radius 3 is 2.10 bits per heavy atom. The summed E-state index contributed by atoms with van der Waals surface area (Å²) in [6.07, 6.45) is 2.39. The average molecular weight is 160 g/mol. The van der Waals surface area contributed by atoms with Crippen molar-refractivity contribution in [1.82, 2.24) is 0 Å². The molecule has 0 aliphatic heterocycles. The van der Waals surface area contributed by atoms with Gasteiger partial charge in [-0.15, -0.1) is 0 Å². The Bertz CT molecular complexity index is 152. The molecule has 0 fully saturated rings. The Balaban J connectivity index is 0. The SMILES string of the molecule is CCCCCS(=O)(=O)O.[LiH]. The maximum atomic E-state index is 10.1. The van der Waals surface area contributed by atoms with Gasteiger partial charge in [0.25, 0.3) is 10.1 Å². The fourth-order valence-electron chi connectivity index (χ4n) is 0.534. The fraction of sp³-hybridized carbons (Fsp3) is 1.00. The second-order valence-corrected chi connectivity index (χ2v) is 3.57. The summed E-state index contributed by atoms with van der Waals surface area (Å²) in [5, 5.41) is 0. The molecule has 0 unspecified atom stereocenters. The van der Waals surface area contributed by atoms with Gasteiger partial charge in [-0.05, 0) is 6.42 Å². The molecule has 0 spiro atoms. The van der Waals surface area contributed by atoms with Crippen LogP contribution in [0.15, 0.2) is 0 Å². The molecule has 0 aliphatic rings. The Kier molecular flexibility index (Phi) is 8.18. The summed E-state index contributed by atoms with van der Waals surface area (Å²) in [6, 6.07) is 0. The summed E-state index contributed by atoms with van der Waals surface area (Å²) in [6.45, 7) is 1.98. The molecule has 0 radical (unpaired) electrons. The fourth-order valence-corrected chi connectivity index (χ4v) is 1.10. The van der Waals surface area contributed by atoms with Crippen molar-refractivity contribution in [2.24, 2.45) is 0 Å². The second-order valence-electron chi connectivity index (χ2n) is 1.99. The molecule has 10 heavy (non-hydrogen) atoms. The van der Waals surface area contributed by atoms with E-state index >= 15 is 0 Å². The maximum absolute atomic E-state index is 10.1. The van der Waals surface area contributed by atoms with E-state index < -0.39 is 10.1 Å². The molecule has 0 atom stereocenters. The van der Waals surface area contributed by atoms with Crippen molar-refractivity contribution in [2.45, 2.75) is 26.2 Å². The van der Waals surface area contributed by atoms with Gasteiger partial charge in [0.1, 0.15) is 0 Å². The Labute approximate surface area is 74.1 Å². The summed E-state index contributed by atoms with van der Waals surface area (Å²) in [7, 11) is -3.70. The van der Waals surface area contributed by atoms with E-state index in [-0.39, 0.29) is 24.6 Å². The normalized spacial score (nSPS) is 10.6. The summed E-state index contributed by atoms with van der Waals surface area (Å²) in [5.41, 5.74) is 0. The molecule has 0 aromatic heterocycles. The third-order valence-corrected chi connectivity index (χ3v) is 1.81. The van der Waals surface area contributed by atoms with Gasteiger partial charge in [-0.1, -0.05) is 19.8 Å². The Morgan fingerprint density at radius 2 is 1.80 bits per heavy atom. The zero-order chi connectivity index (χ0) is 7.33. The van der Waals surface area contributed by atoms with E-state index in [0.717, 1.165) is 12.8 Å². The van der Waals surface area contributed by atoms with E-state index in [2.05, 4.69) is 0 Å². The zero-order valence-electron chi connectivity index (χ0n) is 5.50. The molecule has 58 valence electrons. The average Bonchev–Trinajstić information content (AvgIpc) is 1.63. The van der Waals surface area contributed by atoms with Crippen molar-refractivity contribution in [3.63, 3.8) is 0 Å². The quantitative estimate of drug-likeness (QED) is 0.368. The molecular formula is C5H13LiO3S. The molecule has 0 aromatic carbocycles. The zero-order valence-corrected chi connectivity index (χ0v) is 6.32. The standard InChI is InChI=1S/C5H12O3S.Li.H/c1-2-3-4-5-9(6,7)8;;/h2-5H2,1H3,(H,6,7,8);;. The van der Waals surface area contributed by atoms with E-state index in [1.807, 2.05) is 6.92 Å². The molecule has 0 heterocycles. The summed E-state index contributed by atoms with van der Waals surface area (Å²) in [4.78, 5) is 0. The Morgan fingerprint density at radius 1 is 1.30 bits per heavy atom. The molecule has 0 aromatic rings. The van der Waals surface area contributed by atoms with Crippen LogP contribution in [0.4, 0.5) is 0 Å². The molecule has 5 heteroatoms. The van der Waals surface area contributed by atoms with Gasteiger partial charge >= 0.3 is 18.9 Å². The molecule has 3 nitrogen and oxygen atoms in total. The molecule has 0 bridgehead atoms. The number of hydrogen-bond donors (Lipinski definition) is 1. The van der Waals surface area contributed by atoms with Crippen molar-refractivity contribution in [3.8, 4) is 0 Å². The minimum absolute atomic E-state index is 0. The van der Waals surface area contributed by atoms with Gasteiger partial charge in [0, 0.05) is 0 Å². The van der Waals surface area contributed by atoms with Crippen molar-refractivity contribution >= 4 is 29.0 Å². The van der Waals surface area contributed by atoms with Crippen molar-refractivity contribution in [2.75, 3.05) is 5.75 Å².